The van der Waals surface area contributed by atoms with Crippen molar-refractivity contribution in [3.8, 4) is 17.2 Å². The first kappa shape index (κ1) is 32.5. The monoisotopic (exact) mass is 647 g/mol. The van der Waals surface area contributed by atoms with E-state index in [-0.39, 0.29) is 12.2 Å². The first-order chi connectivity index (χ1) is 22.6. The number of carbonyl (C=O) groups excluding carboxylic acids is 1. The molecule has 0 aliphatic rings. The lowest BCUT2D eigenvalue weighted by Crippen LogP contribution is -2.23. The van der Waals surface area contributed by atoms with Gasteiger partial charge in [-0.3, -0.25) is 14.5 Å². The van der Waals surface area contributed by atoms with Crippen molar-refractivity contribution >= 4 is 33.0 Å². The van der Waals surface area contributed by atoms with Crippen molar-refractivity contribution in [1.82, 2.24) is 4.98 Å². The van der Waals surface area contributed by atoms with Crippen LogP contribution in [0.2, 0.25) is 0 Å². The highest BCUT2D eigenvalue weighted by Crippen LogP contribution is 2.32. The zero-order chi connectivity index (χ0) is 33.4. The second kappa shape index (κ2) is 14.5. The SMILES string of the molecule is [C-]#[N+]c1ccc(CN(Cc2ccc(Oc3cc(OCc4cccnc4)cc(C(N)=O)c3)cc2)c2cccc(NS(C)(=O)=O)c2C)cc1. The van der Waals surface area contributed by atoms with Gasteiger partial charge in [-0.05, 0) is 66.1 Å². The third kappa shape index (κ3) is 9.09. The molecule has 0 aliphatic heterocycles. The van der Waals surface area contributed by atoms with Gasteiger partial charge in [0.15, 0.2) is 5.69 Å². The molecule has 5 rings (SSSR count). The first-order valence-corrected chi connectivity index (χ1v) is 16.5. The fraction of sp³-hybridized carbons (Fsp3) is 0.139. The van der Waals surface area contributed by atoms with Gasteiger partial charge in [0.25, 0.3) is 0 Å². The third-order valence-corrected chi connectivity index (χ3v) is 7.80. The number of anilines is 2. The lowest BCUT2D eigenvalue weighted by atomic mass is 10.1. The van der Waals surface area contributed by atoms with Crippen LogP contribution in [0.1, 0.15) is 32.6 Å². The van der Waals surface area contributed by atoms with Crippen molar-refractivity contribution in [3.63, 3.8) is 0 Å². The molecule has 1 aromatic heterocycles. The van der Waals surface area contributed by atoms with Gasteiger partial charge in [-0.1, -0.05) is 48.5 Å². The van der Waals surface area contributed by atoms with Gasteiger partial charge in [0.2, 0.25) is 15.9 Å². The van der Waals surface area contributed by atoms with Gasteiger partial charge in [-0.25, -0.2) is 13.3 Å². The number of aromatic nitrogens is 1. The quantitative estimate of drug-likeness (QED) is 0.132. The molecule has 0 bridgehead atoms. The van der Waals surface area contributed by atoms with Gasteiger partial charge in [-0.2, -0.15) is 0 Å². The lowest BCUT2D eigenvalue weighted by Gasteiger charge is -2.28. The summed E-state index contributed by atoms with van der Waals surface area (Å²) in [7, 11) is -3.47. The van der Waals surface area contributed by atoms with E-state index < -0.39 is 15.9 Å². The van der Waals surface area contributed by atoms with Crippen LogP contribution in [0.5, 0.6) is 17.2 Å². The molecule has 0 saturated heterocycles. The number of hydrogen-bond acceptors (Lipinski definition) is 7. The zero-order valence-corrected chi connectivity index (χ0v) is 26.7. The Bertz CT molecular complexity index is 2010. The number of primary amides is 1. The normalized spacial score (nSPS) is 10.9. The Balaban J connectivity index is 1.37. The number of ether oxygens (including phenoxy) is 2. The highest BCUT2D eigenvalue weighted by molar-refractivity contribution is 7.92. The molecule has 0 saturated carbocycles. The van der Waals surface area contributed by atoms with E-state index in [9.17, 15) is 13.2 Å². The van der Waals surface area contributed by atoms with Crippen LogP contribution < -0.4 is 24.8 Å². The van der Waals surface area contributed by atoms with Crippen molar-refractivity contribution < 1.29 is 22.7 Å². The van der Waals surface area contributed by atoms with Crippen LogP contribution in [-0.2, 0) is 29.7 Å². The molecule has 4 aromatic carbocycles. The number of nitrogens with two attached hydrogens (primary N) is 1. The molecule has 47 heavy (non-hydrogen) atoms. The van der Waals surface area contributed by atoms with Crippen molar-refractivity contribution in [1.29, 1.82) is 0 Å². The molecule has 1 amide bonds. The largest absolute Gasteiger partial charge is 0.489 e. The Hall–Kier alpha value is -5.86. The van der Waals surface area contributed by atoms with Crippen molar-refractivity contribution in [3.05, 3.63) is 149 Å². The molecule has 3 N–H and O–H groups in total. The molecule has 0 radical (unpaired) electrons. The van der Waals surface area contributed by atoms with Crippen LogP contribution in [0.25, 0.3) is 4.85 Å². The minimum Gasteiger partial charge on any atom is -0.489 e. The van der Waals surface area contributed by atoms with Gasteiger partial charge in [-0.15, -0.1) is 0 Å². The summed E-state index contributed by atoms with van der Waals surface area (Å²) in [6.45, 7) is 10.4. The topological polar surface area (TPSA) is 128 Å². The van der Waals surface area contributed by atoms with Crippen LogP contribution in [0, 0.1) is 13.5 Å². The summed E-state index contributed by atoms with van der Waals surface area (Å²) in [6.07, 6.45) is 4.51. The van der Waals surface area contributed by atoms with E-state index in [4.69, 9.17) is 21.8 Å². The lowest BCUT2D eigenvalue weighted by molar-refractivity contribution is 0.0999. The van der Waals surface area contributed by atoms with E-state index in [0.29, 0.717) is 41.7 Å². The molecule has 0 fully saturated rings. The Morgan fingerprint density at radius 1 is 0.894 bits per heavy atom. The summed E-state index contributed by atoms with van der Waals surface area (Å²) in [4.78, 5) is 21.7. The van der Waals surface area contributed by atoms with E-state index in [0.717, 1.165) is 34.2 Å². The van der Waals surface area contributed by atoms with Crippen LogP contribution in [0.4, 0.5) is 17.1 Å². The third-order valence-electron chi connectivity index (χ3n) is 7.21. The molecular weight excluding hydrogens is 614 g/mol. The molecule has 0 unspecified atom stereocenters. The summed E-state index contributed by atoms with van der Waals surface area (Å²) in [6, 6.07) is 29.0. The number of amides is 1. The molecule has 1 heterocycles. The summed E-state index contributed by atoms with van der Waals surface area (Å²) >= 11 is 0. The highest BCUT2D eigenvalue weighted by atomic mass is 32.2. The highest BCUT2D eigenvalue weighted by Gasteiger charge is 2.16. The first-order valence-electron chi connectivity index (χ1n) is 14.6. The van der Waals surface area contributed by atoms with Gasteiger partial charge < -0.3 is 20.1 Å². The molecule has 10 nitrogen and oxygen atoms in total. The number of benzene rings is 4. The fourth-order valence-corrected chi connectivity index (χ4v) is 5.55. The maximum atomic E-state index is 12.0. The molecule has 238 valence electrons. The Morgan fingerprint density at radius 3 is 2.19 bits per heavy atom. The number of pyridine rings is 1. The van der Waals surface area contributed by atoms with E-state index in [1.807, 2.05) is 67.6 Å². The minimum absolute atomic E-state index is 0.253. The van der Waals surface area contributed by atoms with Crippen LogP contribution in [0.3, 0.4) is 0 Å². The van der Waals surface area contributed by atoms with Crippen LogP contribution >= 0.6 is 0 Å². The summed E-state index contributed by atoms with van der Waals surface area (Å²) < 4.78 is 38.6. The molecule has 11 heteroatoms. The molecule has 0 spiro atoms. The average Bonchev–Trinajstić information content (AvgIpc) is 3.05. The number of hydrogen-bond donors (Lipinski definition) is 2. The number of nitrogens with zero attached hydrogens (tertiary/aromatic N) is 3. The Morgan fingerprint density at radius 2 is 1.57 bits per heavy atom. The second-order valence-corrected chi connectivity index (χ2v) is 12.7. The fourth-order valence-electron chi connectivity index (χ4n) is 4.92. The summed E-state index contributed by atoms with van der Waals surface area (Å²) in [5.74, 6) is 0.766. The number of sulfonamides is 1. The van der Waals surface area contributed by atoms with Gasteiger partial charge in [0.05, 0.1) is 18.5 Å². The van der Waals surface area contributed by atoms with E-state index in [1.54, 1.807) is 48.8 Å². The molecule has 5 aromatic rings. The van der Waals surface area contributed by atoms with Crippen LogP contribution in [0.15, 0.2) is 109 Å². The van der Waals surface area contributed by atoms with Gasteiger partial charge in [0.1, 0.15) is 23.9 Å². The van der Waals surface area contributed by atoms with Gasteiger partial charge in [0, 0.05) is 48.4 Å². The number of rotatable bonds is 13. The van der Waals surface area contributed by atoms with E-state index >= 15 is 0 Å². The molecule has 0 atom stereocenters. The predicted molar refractivity (Wildman–Crippen MR) is 182 cm³/mol. The Labute approximate surface area is 274 Å². The minimum atomic E-state index is -3.47. The number of nitrogens with one attached hydrogen (secondary N) is 1. The average molecular weight is 648 g/mol. The Kier molecular flexibility index (Phi) is 10.0. The smallest absolute Gasteiger partial charge is 0.248 e. The number of carbonyl (C=O) groups is 1. The van der Waals surface area contributed by atoms with E-state index in [1.165, 1.54) is 0 Å². The summed E-state index contributed by atoms with van der Waals surface area (Å²) in [5, 5.41) is 0. The summed E-state index contributed by atoms with van der Waals surface area (Å²) in [5.41, 5.74) is 11.4. The van der Waals surface area contributed by atoms with Crippen molar-refractivity contribution in [2.24, 2.45) is 5.73 Å². The molecule has 0 aliphatic carbocycles. The standard InChI is InChI=1S/C36H33N5O5S/c1-25-34(40-47(3,43)44)7-4-8-35(25)41(22-26-9-13-30(38-2)14-10-26)23-27-11-15-31(16-12-27)46-33-19-29(36(37)42)18-32(20-33)45-24-28-6-5-17-39-21-28/h4-21,40H,22-24H2,1,3H3,(H2,37,42). The van der Waals surface area contributed by atoms with Crippen LogP contribution in [-0.4, -0.2) is 25.6 Å². The zero-order valence-electron chi connectivity index (χ0n) is 25.9. The molecular formula is C36H33N5O5S. The predicted octanol–water partition coefficient (Wildman–Crippen LogP) is 6.99. The second-order valence-electron chi connectivity index (χ2n) is 10.9. The maximum Gasteiger partial charge on any atom is 0.248 e. The van der Waals surface area contributed by atoms with Crippen molar-refractivity contribution in [2.45, 2.75) is 26.6 Å². The van der Waals surface area contributed by atoms with Gasteiger partial charge >= 0.3 is 0 Å². The maximum absolute atomic E-state index is 12.0. The van der Waals surface area contributed by atoms with Crippen molar-refractivity contribution in [2.75, 3.05) is 15.9 Å². The van der Waals surface area contributed by atoms with E-state index in [2.05, 4.69) is 19.5 Å².